The topological polar surface area (TPSA) is 94.3 Å². The first-order valence-electron chi connectivity index (χ1n) is 10.4. The molecule has 1 saturated carbocycles. The molecule has 168 valence electrons. The number of hydrogen-bond donors (Lipinski definition) is 2. The van der Waals surface area contributed by atoms with Gasteiger partial charge in [-0.3, -0.25) is 14.7 Å². The Bertz CT molecular complexity index is 1230. The predicted octanol–water partition coefficient (Wildman–Crippen LogP) is 2.62. The maximum absolute atomic E-state index is 14.0. The largest absolute Gasteiger partial charge is 0.382 e. The summed E-state index contributed by atoms with van der Waals surface area (Å²) in [6.45, 7) is 1.07. The second kappa shape index (κ2) is 7.40. The summed E-state index contributed by atoms with van der Waals surface area (Å²) >= 11 is 0. The molecule has 0 bridgehead atoms. The van der Waals surface area contributed by atoms with E-state index in [0.717, 1.165) is 30.7 Å². The Kier molecular flexibility index (Phi) is 4.77. The Balaban J connectivity index is 1.39. The monoisotopic (exact) mass is 443 g/mol. The first-order chi connectivity index (χ1) is 15.3. The maximum atomic E-state index is 14.0. The summed E-state index contributed by atoms with van der Waals surface area (Å²) in [6, 6.07) is 3.33. The molecule has 1 fully saturated rings. The third-order valence-corrected chi connectivity index (χ3v) is 6.56. The first-order valence-corrected chi connectivity index (χ1v) is 10.4. The van der Waals surface area contributed by atoms with Crippen molar-refractivity contribution in [2.24, 2.45) is 0 Å². The number of benzene rings is 1. The van der Waals surface area contributed by atoms with E-state index in [2.05, 4.69) is 15.2 Å². The lowest BCUT2D eigenvalue weighted by Crippen LogP contribution is -2.43. The summed E-state index contributed by atoms with van der Waals surface area (Å²) in [5.41, 5.74) is 1.89. The van der Waals surface area contributed by atoms with E-state index in [-0.39, 0.29) is 40.5 Å². The molecule has 0 unspecified atom stereocenters. The van der Waals surface area contributed by atoms with Crippen LogP contribution in [0.25, 0.3) is 10.9 Å². The molecule has 2 N–H and O–H groups in total. The summed E-state index contributed by atoms with van der Waals surface area (Å²) in [7, 11) is 3.36. The Labute approximate surface area is 182 Å². The molecular weight excluding hydrogens is 420 g/mol. The number of hydrogen-bond acceptors (Lipinski definition) is 4. The lowest BCUT2D eigenvalue weighted by molar-refractivity contribution is 0.0541. The molecule has 0 radical (unpaired) electrons. The average Bonchev–Trinajstić information content (AvgIpc) is 3.23. The quantitative estimate of drug-likeness (QED) is 0.634. The summed E-state index contributed by atoms with van der Waals surface area (Å²) in [4.78, 5) is 32.3. The van der Waals surface area contributed by atoms with Crippen LogP contribution in [0.15, 0.2) is 18.2 Å². The SMILES string of the molecule is COCC1(N(C)C(=O)c2n[nH]c3c2CN(C(=O)c2cc4c(F)cc(F)cc4[nH]2)CC3)CC1. The Morgan fingerprint density at radius 3 is 2.78 bits per heavy atom. The number of likely N-dealkylation sites (N-methyl/N-ethyl adjacent to an activating group) is 1. The van der Waals surface area contributed by atoms with E-state index in [4.69, 9.17) is 4.74 Å². The van der Waals surface area contributed by atoms with Gasteiger partial charge in [0.15, 0.2) is 5.69 Å². The van der Waals surface area contributed by atoms with Gasteiger partial charge in [0, 0.05) is 49.8 Å². The highest BCUT2D eigenvalue weighted by Crippen LogP contribution is 2.42. The van der Waals surface area contributed by atoms with Crippen LogP contribution in [-0.2, 0) is 17.7 Å². The zero-order valence-electron chi connectivity index (χ0n) is 17.8. The van der Waals surface area contributed by atoms with Crippen molar-refractivity contribution < 1.29 is 23.1 Å². The van der Waals surface area contributed by atoms with Gasteiger partial charge in [0.2, 0.25) is 0 Å². The predicted molar refractivity (Wildman–Crippen MR) is 111 cm³/mol. The van der Waals surface area contributed by atoms with Crippen LogP contribution >= 0.6 is 0 Å². The standard InChI is InChI=1S/C22H23F2N5O3/c1-28(22(4-5-22)11-32-2)21(31)19-14-10-29(6-3-16(14)26-27-19)20(30)18-9-13-15(24)7-12(23)8-17(13)25-18/h7-9,25H,3-6,10-11H2,1-2H3,(H,26,27). The van der Waals surface area contributed by atoms with Crippen LogP contribution in [0.2, 0.25) is 0 Å². The lowest BCUT2D eigenvalue weighted by Gasteiger charge is -2.29. The lowest BCUT2D eigenvalue weighted by atomic mass is 10.0. The number of ether oxygens (including phenoxy) is 1. The van der Waals surface area contributed by atoms with Crippen molar-refractivity contribution in [1.82, 2.24) is 25.0 Å². The highest BCUT2D eigenvalue weighted by atomic mass is 19.1. The van der Waals surface area contributed by atoms with Gasteiger partial charge >= 0.3 is 0 Å². The summed E-state index contributed by atoms with van der Waals surface area (Å²) < 4.78 is 32.8. The molecule has 5 rings (SSSR count). The van der Waals surface area contributed by atoms with Gasteiger partial charge in [-0.1, -0.05) is 0 Å². The van der Waals surface area contributed by atoms with E-state index in [1.807, 2.05) is 0 Å². The first kappa shape index (κ1) is 20.6. The maximum Gasteiger partial charge on any atom is 0.274 e. The van der Waals surface area contributed by atoms with Crippen LogP contribution in [0.4, 0.5) is 8.78 Å². The van der Waals surface area contributed by atoms with Crippen molar-refractivity contribution in [2.75, 3.05) is 27.3 Å². The molecular formula is C22H23F2N5O3. The number of carbonyl (C=O) groups excluding carboxylic acids is 2. The van der Waals surface area contributed by atoms with E-state index in [9.17, 15) is 18.4 Å². The summed E-state index contributed by atoms with van der Waals surface area (Å²) in [6.07, 6.45) is 2.26. The minimum atomic E-state index is -0.730. The second-order valence-electron chi connectivity index (χ2n) is 8.56. The van der Waals surface area contributed by atoms with Crippen LogP contribution in [0.5, 0.6) is 0 Å². The number of carbonyl (C=O) groups is 2. The number of methoxy groups -OCH3 is 1. The molecule has 2 amide bonds. The number of H-pyrrole nitrogens is 2. The molecule has 0 saturated heterocycles. The van der Waals surface area contributed by atoms with Gasteiger partial charge < -0.3 is 19.5 Å². The molecule has 3 heterocycles. The van der Waals surface area contributed by atoms with Gasteiger partial charge in [0.1, 0.15) is 17.3 Å². The van der Waals surface area contributed by atoms with Gasteiger partial charge in [-0.05, 0) is 25.0 Å². The number of halogens is 2. The van der Waals surface area contributed by atoms with Gasteiger partial charge in [0.25, 0.3) is 11.8 Å². The van der Waals surface area contributed by atoms with E-state index in [1.54, 1.807) is 24.0 Å². The highest BCUT2D eigenvalue weighted by molar-refractivity contribution is 5.99. The van der Waals surface area contributed by atoms with E-state index < -0.39 is 11.6 Å². The van der Waals surface area contributed by atoms with Gasteiger partial charge in [0.05, 0.1) is 24.2 Å². The third-order valence-electron chi connectivity index (χ3n) is 6.56. The minimum absolute atomic E-state index is 0.154. The highest BCUT2D eigenvalue weighted by Gasteiger charge is 2.49. The Hall–Kier alpha value is -3.27. The smallest absolute Gasteiger partial charge is 0.274 e. The fraction of sp³-hybridized carbons (Fsp3) is 0.409. The molecule has 2 aliphatic rings. The third kappa shape index (κ3) is 3.26. The number of aromatic nitrogens is 3. The second-order valence-corrected chi connectivity index (χ2v) is 8.56. The van der Waals surface area contributed by atoms with Crippen molar-refractivity contribution in [3.63, 3.8) is 0 Å². The van der Waals surface area contributed by atoms with Gasteiger partial charge in [-0.25, -0.2) is 8.78 Å². The molecule has 2 aromatic heterocycles. The molecule has 1 aliphatic heterocycles. The number of nitrogens with zero attached hydrogens (tertiary/aromatic N) is 3. The van der Waals surface area contributed by atoms with Crippen molar-refractivity contribution in [2.45, 2.75) is 31.3 Å². The van der Waals surface area contributed by atoms with Crippen LogP contribution in [-0.4, -0.2) is 69.6 Å². The van der Waals surface area contributed by atoms with E-state index in [1.165, 1.54) is 6.07 Å². The van der Waals surface area contributed by atoms with Gasteiger partial charge in [-0.15, -0.1) is 0 Å². The molecule has 3 aromatic rings. The normalized spacial score (nSPS) is 16.8. The van der Waals surface area contributed by atoms with Crippen LogP contribution in [0.1, 0.15) is 45.1 Å². The Morgan fingerprint density at radius 1 is 1.28 bits per heavy atom. The summed E-state index contributed by atoms with van der Waals surface area (Å²) in [5.74, 6) is -2.01. The molecule has 1 aromatic carbocycles. The molecule has 10 heteroatoms. The van der Waals surface area contributed by atoms with Crippen molar-refractivity contribution in [3.05, 3.63) is 52.5 Å². The fourth-order valence-electron chi connectivity index (χ4n) is 4.46. The minimum Gasteiger partial charge on any atom is -0.382 e. The van der Waals surface area contributed by atoms with Crippen LogP contribution in [0.3, 0.4) is 0 Å². The number of nitrogens with one attached hydrogen (secondary N) is 2. The van der Waals surface area contributed by atoms with Crippen molar-refractivity contribution in [3.8, 4) is 0 Å². The van der Waals surface area contributed by atoms with Crippen molar-refractivity contribution in [1.29, 1.82) is 0 Å². The van der Waals surface area contributed by atoms with Crippen LogP contribution in [0, 0.1) is 11.6 Å². The number of aromatic amines is 2. The molecule has 32 heavy (non-hydrogen) atoms. The van der Waals surface area contributed by atoms with E-state index >= 15 is 0 Å². The number of amides is 2. The van der Waals surface area contributed by atoms with Crippen molar-refractivity contribution >= 4 is 22.7 Å². The zero-order chi connectivity index (χ0) is 22.6. The fourth-order valence-corrected chi connectivity index (χ4v) is 4.46. The molecule has 8 nitrogen and oxygen atoms in total. The van der Waals surface area contributed by atoms with Gasteiger partial charge in [-0.2, -0.15) is 5.10 Å². The summed E-state index contributed by atoms with van der Waals surface area (Å²) in [5, 5.41) is 7.34. The molecule has 0 atom stereocenters. The Morgan fingerprint density at radius 2 is 2.06 bits per heavy atom. The average molecular weight is 443 g/mol. The molecule has 1 aliphatic carbocycles. The van der Waals surface area contributed by atoms with Crippen LogP contribution < -0.4 is 0 Å². The zero-order valence-corrected chi connectivity index (χ0v) is 17.8. The number of fused-ring (bicyclic) bond motifs is 2. The number of rotatable bonds is 5. The van der Waals surface area contributed by atoms with E-state index in [0.29, 0.717) is 30.8 Å². The molecule has 0 spiro atoms.